The van der Waals surface area contributed by atoms with Crippen LogP contribution in [0.2, 0.25) is 0 Å². The number of likely N-dealkylation sites (tertiary alicyclic amines) is 1. The Morgan fingerprint density at radius 2 is 1.60 bits per heavy atom. The van der Waals surface area contributed by atoms with Crippen molar-refractivity contribution in [3.8, 4) is 0 Å². The molecule has 2 fully saturated rings. The number of benzene rings is 1. The Labute approximate surface area is 148 Å². The summed E-state index contributed by atoms with van der Waals surface area (Å²) >= 11 is 0. The molecule has 5 heteroatoms. The first kappa shape index (κ1) is 16.5. The van der Waals surface area contributed by atoms with Crippen molar-refractivity contribution in [1.29, 1.82) is 0 Å². The molecule has 0 unspecified atom stereocenters. The normalized spacial score (nSPS) is 30.8. The van der Waals surface area contributed by atoms with Crippen LogP contribution in [-0.2, 0) is 9.59 Å². The van der Waals surface area contributed by atoms with E-state index in [-0.39, 0.29) is 29.7 Å². The number of likely N-dealkylation sites (N-methyl/N-ethyl adjacent to an activating group) is 1. The molecule has 1 aromatic carbocycles. The van der Waals surface area contributed by atoms with E-state index in [1.807, 2.05) is 18.2 Å². The van der Waals surface area contributed by atoms with Crippen LogP contribution < -0.4 is 0 Å². The van der Waals surface area contributed by atoms with E-state index in [9.17, 15) is 9.59 Å². The molecule has 1 aromatic rings. The zero-order valence-corrected chi connectivity index (χ0v) is 14.7. The van der Waals surface area contributed by atoms with Gasteiger partial charge in [-0.05, 0) is 25.5 Å². The first-order valence-corrected chi connectivity index (χ1v) is 9.13. The molecule has 2 heterocycles. The third kappa shape index (κ3) is 3.02. The minimum Gasteiger partial charge on any atom is -0.303 e. The number of hydrogen-bond acceptors (Lipinski definition) is 4. The van der Waals surface area contributed by atoms with Gasteiger partial charge in [0.25, 0.3) is 0 Å². The van der Waals surface area contributed by atoms with Gasteiger partial charge in [-0.1, -0.05) is 42.5 Å². The van der Waals surface area contributed by atoms with E-state index >= 15 is 0 Å². The molecule has 3 aliphatic rings. The minimum atomic E-state index is -0.139. The molecule has 1 aliphatic carbocycles. The van der Waals surface area contributed by atoms with Crippen LogP contribution in [0.1, 0.15) is 24.4 Å². The van der Waals surface area contributed by atoms with Crippen molar-refractivity contribution in [2.24, 2.45) is 11.8 Å². The van der Waals surface area contributed by atoms with Crippen molar-refractivity contribution in [2.75, 3.05) is 33.4 Å². The van der Waals surface area contributed by atoms with Crippen molar-refractivity contribution >= 4 is 11.8 Å². The average Bonchev–Trinajstić information content (AvgIpc) is 2.89. The second kappa shape index (κ2) is 6.73. The molecule has 25 heavy (non-hydrogen) atoms. The molecule has 0 aromatic heterocycles. The average molecular weight is 339 g/mol. The number of hydrogen-bond donors (Lipinski definition) is 0. The van der Waals surface area contributed by atoms with Crippen molar-refractivity contribution in [1.82, 2.24) is 14.7 Å². The maximum atomic E-state index is 12.8. The van der Waals surface area contributed by atoms with E-state index in [1.165, 1.54) is 10.5 Å². The van der Waals surface area contributed by atoms with Crippen LogP contribution in [0.3, 0.4) is 0 Å². The Morgan fingerprint density at radius 1 is 0.960 bits per heavy atom. The van der Waals surface area contributed by atoms with Crippen molar-refractivity contribution in [3.63, 3.8) is 0 Å². The van der Waals surface area contributed by atoms with Gasteiger partial charge in [-0.25, -0.2) is 0 Å². The molecule has 0 saturated carbocycles. The van der Waals surface area contributed by atoms with Gasteiger partial charge in [-0.3, -0.25) is 19.4 Å². The van der Waals surface area contributed by atoms with E-state index in [0.717, 1.165) is 19.6 Å². The smallest absolute Gasteiger partial charge is 0.234 e. The lowest BCUT2D eigenvalue weighted by molar-refractivity contribution is -0.143. The fraction of sp³-hybridized carbons (Fsp3) is 0.500. The molecule has 2 amide bonds. The highest BCUT2D eigenvalue weighted by atomic mass is 16.2. The molecule has 0 spiro atoms. The lowest BCUT2D eigenvalue weighted by atomic mass is 9.85. The third-order valence-corrected chi connectivity index (χ3v) is 5.80. The van der Waals surface area contributed by atoms with Crippen LogP contribution >= 0.6 is 0 Å². The van der Waals surface area contributed by atoms with Crippen molar-refractivity contribution < 1.29 is 9.59 Å². The highest BCUT2D eigenvalue weighted by Crippen LogP contribution is 2.36. The Morgan fingerprint density at radius 3 is 2.24 bits per heavy atom. The Bertz CT molecular complexity index is 661. The fourth-order valence-electron chi connectivity index (χ4n) is 4.31. The minimum absolute atomic E-state index is 0.0186. The van der Waals surface area contributed by atoms with E-state index in [4.69, 9.17) is 0 Å². The van der Waals surface area contributed by atoms with E-state index in [2.05, 4.69) is 41.1 Å². The number of rotatable bonds is 3. The molecule has 2 aliphatic heterocycles. The summed E-state index contributed by atoms with van der Waals surface area (Å²) in [6, 6.07) is 10.6. The van der Waals surface area contributed by atoms with Gasteiger partial charge in [0.1, 0.15) is 0 Å². The third-order valence-electron chi connectivity index (χ3n) is 5.80. The van der Waals surface area contributed by atoms with Crippen LogP contribution in [0.25, 0.3) is 0 Å². The molecule has 4 rings (SSSR count). The van der Waals surface area contributed by atoms with Gasteiger partial charge >= 0.3 is 0 Å². The first-order valence-electron chi connectivity index (χ1n) is 9.13. The number of imide groups is 1. The first-order chi connectivity index (χ1) is 12.1. The van der Waals surface area contributed by atoms with Gasteiger partial charge in [-0.15, -0.1) is 0 Å². The lowest BCUT2D eigenvalue weighted by Gasteiger charge is -2.41. The summed E-state index contributed by atoms with van der Waals surface area (Å²) in [6.45, 7) is 3.14. The van der Waals surface area contributed by atoms with Gasteiger partial charge in [0.05, 0.1) is 18.5 Å². The molecule has 5 nitrogen and oxygen atoms in total. The second-order valence-electron chi connectivity index (χ2n) is 7.40. The molecule has 2 saturated heterocycles. The quantitative estimate of drug-likeness (QED) is 0.623. The summed E-state index contributed by atoms with van der Waals surface area (Å²) < 4.78 is 0. The number of allylic oxidation sites excluding steroid dienone is 2. The van der Waals surface area contributed by atoms with Gasteiger partial charge in [-0.2, -0.15) is 0 Å². The molecule has 0 bridgehead atoms. The largest absolute Gasteiger partial charge is 0.303 e. The van der Waals surface area contributed by atoms with E-state index < -0.39 is 0 Å². The van der Waals surface area contributed by atoms with Crippen molar-refractivity contribution in [3.05, 3.63) is 48.0 Å². The molecule has 0 radical (unpaired) electrons. The number of amides is 2. The van der Waals surface area contributed by atoms with E-state index in [1.54, 1.807) is 0 Å². The molecule has 3 atom stereocenters. The monoisotopic (exact) mass is 339 g/mol. The predicted molar refractivity (Wildman–Crippen MR) is 95.5 cm³/mol. The number of piperazine rings is 1. The van der Waals surface area contributed by atoms with E-state index in [0.29, 0.717) is 19.5 Å². The van der Waals surface area contributed by atoms with Crippen LogP contribution in [0.4, 0.5) is 0 Å². The summed E-state index contributed by atoms with van der Waals surface area (Å²) in [6.07, 6.45) is 5.49. The Kier molecular flexibility index (Phi) is 4.44. The highest BCUT2D eigenvalue weighted by molar-refractivity contribution is 6.05. The number of nitrogens with zero attached hydrogens (tertiary/aromatic N) is 3. The number of fused-ring (bicyclic) bond motifs is 1. The van der Waals surface area contributed by atoms with Gasteiger partial charge in [0.15, 0.2) is 0 Å². The second-order valence-corrected chi connectivity index (χ2v) is 7.40. The summed E-state index contributed by atoms with van der Waals surface area (Å²) in [4.78, 5) is 31.6. The zero-order valence-electron chi connectivity index (χ0n) is 14.7. The summed E-state index contributed by atoms with van der Waals surface area (Å²) in [5, 5.41) is 0. The summed E-state index contributed by atoms with van der Waals surface area (Å²) in [7, 11) is 2.12. The zero-order chi connectivity index (χ0) is 17.4. The predicted octanol–water partition coefficient (Wildman–Crippen LogP) is 1.88. The van der Waals surface area contributed by atoms with Gasteiger partial charge in [0, 0.05) is 25.7 Å². The summed E-state index contributed by atoms with van der Waals surface area (Å²) in [5.74, 6) is -0.240. The lowest BCUT2D eigenvalue weighted by Crippen LogP contribution is -2.51. The maximum Gasteiger partial charge on any atom is 0.234 e. The maximum absolute atomic E-state index is 12.8. The van der Waals surface area contributed by atoms with Crippen LogP contribution in [0, 0.1) is 11.8 Å². The molecular weight excluding hydrogens is 314 g/mol. The van der Waals surface area contributed by atoms with Crippen LogP contribution in [-0.4, -0.2) is 59.9 Å². The Balaban J connectivity index is 1.54. The van der Waals surface area contributed by atoms with Gasteiger partial charge in [0.2, 0.25) is 11.8 Å². The molecular formula is C20H25N3O2. The SMILES string of the molecule is CN1CCN(CN2C(=O)[C@@H]3CC=CC[C@H]3C2=O)[C@H](c2ccccc2)C1. The van der Waals surface area contributed by atoms with Crippen LogP contribution in [0.5, 0.6) is 0 Å². The van der Waals surface area contributed by atoms with Crippen LogP contribution in [0.15, 0.2) is 42.5 Å². The topological polar surface area (TPSA) is 43.9 Å². The fourth-order valence-corrected chi connectivity index (χ4v) is 4.31. The van der Waals surface area contributed by atoms with Gasteiger partial charge < -0.3 is 4.90 Å². The standard InChI is InChI=1S/C20H25N3O2/c1-21-11-12-22(18(13-21)15-7-3-2-4-8-15)14-23-19(24)16-9-5-6-10-17(16)20(23)25/h2-8,16-18H,9-14H2,1H3/t16-,17-,18+/m1/s1. The molecule has 132 valence electrons. The number of carbonyl (C=O) groups excluding carboxylic acids is 2. The van der Waals surface area contributed by atoms with Crippen molar-refractivity contribution in [2.45, 2.75) is 18.9 Å². The number of carbonyl (C=O) groups is 2. The summed E-state index contributed by atoms with van der Waals surface area (Å²) in [5.41, 5.74) is 1.24. The molecule has 0 N–H and O–H groups in total. The Hall–Kier alpha value is -1.98. The highest BCUT2D eigenvalue weighted by Gasteiger charge is 2.48.